The minimum absolute atomic E-state index is 0.0325. The number of nitrogens with zero attached hydrogens (tertiary/aromatic N) is 4. The zero-order valence-corrected chi connectivity index (χ0v) is 23.5. The number of hydrogen-bond donors (Lipinski definition) is 2. The van der Waals surface area contributed by atoms with Crippen LogP contribution in [0.25, 0.3) is 11.0 Å². The molecule has 1 fully saturated rings. The van der Waals surface area contributed by atoms with Crippen LogP contribution in [0.4, 0.5) is 11.5 Å². The Hall–Kier alpha value is -3.18. The number of anilines is 2. The van der Waals surface area contributed by atoms with E-state index in [1.54, 1.807) is 48.5 Å². The third kappa shape index (κ3) is 6.04. The van der Waals surface area contributed by atoms with Crippen LogP contribution >= 0.6 is 23.2 Å². The maximum Gasteiger partial charge on any atom is 0.269 e. The number of aryl methyl sites for hydroxylation is 1. The number of halogens is 2. The lowest BCUT2D eigenvalue weighted by atomic mass is 10.1. The monoisotopic (exact) mass is 586 g/mol. The number of carbonyl (C=O) groups excluding carboxylic acids is 1. The highest BCUT2D eigenvalue weighted by atomic mass is 35.5. The molecule has 0 spiro atoms. The average Bonchev–Trinajstić information content (AvgIpc) is 3.22. The predicted molar refractivity (Wildman–Crippen MR) is 154 cm³/mol. The summed E-state index contributed by atoms with van der Waals surface area (Å²) in [6, 6.07) is 13.5. The van der Waals surface area contributed by atoms with Crippen LogP contribution in [0.1, 0.15) is 24.8 Å². The Bertz CT molecular complexity index is 1570. The van der Waals surface area contributed by atoms with Crippen molar-refractivity contribution < 1.29 is 13.2 Å². The van der Waals surface area contributed by atoms with Crippen molar-refractivity contribution in [2.45, 2.75) is 43.3 Å². The number of likely N-dealkylation sites (tertiary alicyclic amines) is 1. The summed E-state index contributed by atoms with van der Waals surface area (Å²) in [5.41, 5.74) is 1.93. The SMILES string of the molecule is Cc1ccc(S(=O)(=O)n2ccc3c(NC4CCCCN(C(C=O)Nc5cc(Cl)cc(Cl)c5)C4)ncnc32)cc1. The number of carbonyl (C=O) groups is 1. The van der Waals surface area contributed by atoms with Crippen LogP contribution in [-0.2, 0) is 14.8 Å². The molecule has 2 aromatic carbocycles. The summed E-state index contributed by atoms with van der Waals surface area (Å²) in [6.45, 7) is 3.20. The Balaban J connectivity index is 1.37. The van der Waals surface area contributed by atoms with Crippen molar-refractivity contribution in [2.75, 3.05) is 23.7 Å². The average molecular weight is 588 g/mol. The summed E-state index contributed by atoms with van der Waals surface area (Å²) in [5.74, 6) is 0.543. The lowest BCUT2D eigenvalue weighted by molar-refractivity contribution is -0.111. The van der Waals surface area contributed by atoms with Crippen LogP contribution in [0.3, 0.4) is 0 Å². The molecule has 1 aliphatic rings. The second-order valence-corrected chi connectivity index (χ2v) is 12.3. The fourth-order valence-electron chi connectivity index (χ4n) is 4.82. The smallest absolute Gasteiger partial charge is 0.269 e. The first kappa shape index (κ1) is 27.4. The van der Waals surface area contributed by atoms with Gasteiger partial charge in [-0.25, -0.2) is 22.4 Å². The summed E-state index contributed by atoms with van der Waals surface area (Å²) < 4.78 is 27.8. The van der Waals surface area contributed by atoms with Crippen molar-refractivity contribution in [1.82, 2.24) is 18.8 Å². The van der Waals surface area contributed by atoms with E-state index in [0.717, 1.165) is 37.7 Å². The molecule has 1 saturated heterocycles. The number of fused-ring (bicyclic) bond motifs is 1. The molecule has 2 atom stereocenters. The van der Waals surface area contributed by atoms with Crippen LogP contribution in [0.15, 0.2) is 66.0 Å². The lowest BCUT2D eigenvalue weighted by Crippen LogP contribution is -2.46. The fourth-order valence-corrected chi connectivity index (χ4v) is 6.64. The Morgan fingerprint density at radius 1 is 1.05 bits per heavy atom. The standard InChI is InChI=1S/C27H28Cl2N6O3S/c1-18-5-7-23(8-6-18)39(37,38)35-11-9-24-26(30-17-31-27(24)35)33-21-4-2-3-10-34(15-21)25(16-36)32-22-13-19(28)12-20(29)14-22/h5-9,11-14,16-17,21,25,32H,2-4,10,15H2,1H3,(H,30,31,33). The van der Waals surface area contributed by atoms with Gasteiger partial charge in [-0.05, 0) is 56.2 Å². The van der Waals surface area contributed by atoms with Crippen LogP contribution in [0.5, 0.6) is 0 Å². The van der Waals surface area contributed by atoms with Crippen molar-refractivity contribution in [3.63, 3.8) is 0 Å². The van der Waals surface area contributed by atoms with E-state index in [2.05, 4.69) is 25.5 Å². The van der Waals surface area contributed by atoms with Gasteiger partial charge in [0.1, 0.15) is 18.3 Å². The van der Waals surface area contributed by atoms with E-state index in [4.69, 9.17) is 23.2 Å². The van der Waals surface area contributed by atoms with Gasteiger partial charge in [0.15, 0.2) is 11.9 Å². The highest BCUT2D eigenvalue weighted by Gasteiger charge is 2.26. The van der Waals surface area contributed by atoms with Crippen molar-refractivity contribution >= 4 is 62.0 Å². The molecule has 2 aromatic heterocycles. The Morgan fingerprint density at radius 2 is 1.79 bits per heavy atom. The normalized spacial score (nSPS) is 17.5. The highest BCUT2D eigenvalue weighted by Crippen LogP contribution is 2.27. The molecular formula is C27H28Cl2N6O3S. The summed E-state index contributed by atoms with van der Waals surface area (Å²) in [7, 11) is -3.83. The van der Waals surface area contributed by atoms with Gasteiger partial charge in [-0.2, -0.15) is 0 Å². The van der Waals surface area contributed by atoms with Gasteiger partial charge >= 0.3 is 0 Å². The first-order chi connectivity index (χ1) is 18.7. The number of nitrogens with one attached hydrogen (secondary N) is 2. The molecule has 204 valence electrons. The topological polar surface area (TPSA) is 109 Å². The summed E-state index contributed by atoms with van der Waals surface area (Å²) in [6.07, 6.45) is 5.90. The van der Waals surface area contributed by atoms with E-state index < -0.39 is 16.2 Å². The molecule has 0 bridgehead atoms. The molecule has 1 aliphatic heterocycles. The van der Waals surface area contributed by atoms with E-state index in [0.29, 0.717) is 39.1 Å². The zero-order chi connectivity index (χ0) is 27.6. The number of hydrogen-bond acceptors (Lipinski definition) is 8. The van der Waals surface area contributed by atoms with Gasteiger partial charge in [-0.15, -0.1) is 0 Å². The minimum atomic E-state index is -3.83. The van der Waals surface area contributed by atoms with Gasteiger partial charge in [0, 0.05) is 41.1 Å². The molecule has 0 aliphatic carbocycles. The van der Waals surface area contributed by atoms with Crippen molar-refractivity contribution in [1.29, 1.82) is 0 Å². The molecule has 39 heavy (non-hydrogen) atoms. The maximum absolute atomic E-state index is 13.3. The van der Waals surface area contributed by atoms with Crippen molar-refractivity contribution in [2.24, 2.45) is 0 Å². The maximum atomic E-state index is 13.3. The molecule has 0 radical (unpaired) electrons. The number of benzene rings is 2. The molecule has 4 aromatic rings. The van der Waals surface area contributed by atoms with E-state index in [1.165, 1.54) is 16.5 Å². The summed E-state index contributed by atoms with van der Waals surface area (Å²) >= 11 is 12.3. The van der Waals surface area contributed by atoms with Crippen LogP contribution in [0.2, 0.25) is 10.0 Å². The van der Waals surface area contributed by atoms with E-state index in [1.807, 2.05) is 6.92 Å². The van der Waals surface area contributed by atoms with Crippen LogP contribution in [0, 0.1) is 6.92 Å². The van der Waals surface area contributed by atoms with Crippen LogP contribution < -0.4 is 10.6 Å². The van der Waals surface area contributed by atoms with Gasteiger partial charge in [0.05, 0.1) is 10.3 Å². The molecule has 3 heterocycles. The second kappa shape index (κ2) is 11.5. The van der Waals surface area contributed by atoms with Crippen molar-refractivity contribution in [3.05, 3.63) is 76.7 Å². The van der Waals surface area contributed by atoms with Gasteiger partial charge in [-0.1, -0.05) is 47.3 Å². The lowest BCUT2D eigenvalue weighted by Gasteiger charge is -2.31. The van der Waals surface area contributed by atoms with Gasteiger partial charge in [-0.3, -0.25) is 9.69 Å². The van der Waals surface area contributed by atoms with E-state index in [9.17, 15) is 13.2 Å². The quantitative estimate of drug-likeness (QED) is 0.271. The molecule has 2 unspecified atom stereocenters. The third-order valence-electron chi connectivity index (χ3n) is 6.77. The van der Waals surface area contributed by atoms with Crippen molar-refractivity contribution in [3.8, 4) is 0 Å². The summed E-state index contributed by atoms with van der Waals surface area (Å²) in [5, 5.41) is 8.27. The molecule has 9 nitrogen and oxygen atoms in total. The third-order valence-corrected chi connectivity index (χ3v) is 8.89. The fraction of sp³-hybridized carbons (Fsp3) is 0.296. The zero-order valence-electron chi connectivity index (χ0n) is 21.2. The Kier molecular flexibility index (Phi) is 8.08. The van der Waals surface area contributed by atoms with Gasteiger partial charge < -0.3 is 10.6 Å². The van der Waals surface area contributed by atoms with E-state index in [-0.39, 0.29) is 10.9 Å². The molecule has 0 saturated carbocycles. The number of aldehydes is 1. The largest absolute Gasteiger partial charge is 0.365 e. The molecule has 5 rings (SSSR count). The summed E-state index contributed by atoms with van der Waals surface area (Å²) in [4.78, 5) is 23.1. The first-order valence-electron chi connectivity index (χ1n) is 12.6. The van der Waals surface area contributed by atoms with E-state index >= 15 is 0 Å². The molecule has 0 amide bonds. The highest BCUT2D eigenvalue weighted by molar-refractivity contribution is 7.90. The first-order valence-corrected chi connectivity index (χ1v) is 14.8. The Labute approximate surface area is 237 Å². The minimum Gasteiger partial charge on any atom is -0.365 e. The molecule has 2 N–H and O–H groups in total. The predicted octanol–water partition coefficient (Wildman–Crippen LogP) is 5.19. The van der Waals surface area contributed by atoms with Gasteiger partial charge in [0.2, 0.25) is 0 Å². The second-order valence-electron chi connectivity index (χ2n) is 9.60. The Morgan fingerprint density at radius 3 is 2.51 bits per heavy atom. The molecular weight excluding hydrogens is 559 g/mol. The molecule has 12 heteroatoms. The van der Waals surface area contributed by atoms with Crippen LogP contribution in [-0.4, -0.2) is 58.8 Å². The van der Waals surface area contributed by atoms with Gasteiger partial charge in [0.25, 0.3) is 10.0 Å². The number of aromatic nitrogens is 3. The number of rotatable bonds is 8.